The monoisotopic (exact) mass is 411 g/mol. The fourth-order valence-electron chi connectivity index (χ4n) is 3.54. The van der Waals surface area contributed by atoms with Gasteiger partial charge in [-0.05, 0) is 25.1 Å². The molecule has 0 spiro atoms. The third-order valence-corrected chi connectivity index (χ3v) is 4.99. The molecule has 3 aromatic rings. The molecule has 30 heavy (non-hydrogen) atoms. The maximum Gasteiger partial charge on any atom is 0.374 e. The Morgan fingerprint density at radius 3 is 2.77 bits per heavy atom. The quantitative estimate of drug-likeness (QED) is 0.550. The van der Waals surface area contributed by atoms with Gasteiger partial charge in [0.05, 0.1) is 30.9 Å². The summed E-state index contributed by atoms with van der Waals surface area (Å²) in [5.74, 6) is -1.13. The smallest absolute Gasteiger partial charge is 0.374 e. The Balaban J connectivity index is 1.45. The number of hydrogen-bond acceptors (Lipinski definition) is 7. The van der Waals surface area contributed by atoms with E-state index in [9.17, 15) is 14.4 Å². The molecule has 8 nitrogen and oxygen atoms in total. The number of benzene rings is 1. The molecule has 0 saturated carbocycles. The van der Waals surface area contributed by atoms with E-state index >= 15 is 0 Å². The molecule has 1 aromatic carbocycles. The van der Waals surface area contributed by atoms with Gasteiger partial charge in [-0.1, -0.05) is 18.2 Å². The Labute approximate surface area is 172 Å². The molecular weight excluding hydrogens is 390 g/mol. The van der Waals surface area contributed by atoms with Crippen LogP contribution in [0.15, 0.2) is 51.5 Å². The number of nitrogens with zero attached hydrogens (tertiary/aromatic N) is 1. The third-order valence-electron chi connectivity index (χ3n) is 4.99. The average molecular weight is 411 g/mol. The Bertz CT molecular complexity index is 1070. The van der Waals surface area contributed by atoms with Gasteiger partial charge in [0.1, 0.15) is 18.0 Å². The van der Waals surface area contributed by atoms with Gasteiger partial charge in [-0.15, -0.1) is 0 Å². The highest BCUT2D eigenvalue weighted by atomic mass is 16.5. The topological polar surface area (TPSA) is 99.2 Å². The molecule has 0 unspecified atom stereocenters. The van der Waals surface area contributed by atoms with Gasteiger partial charge in [-0.2, -0.15) is 0 Å². The first kappa shape index (κ1) is 19.8. The van der Waals surface area contributed by atoms with E-state index in [-0.39, 0.29) is 37.8 Å². The van der Waals surface area contributed by atoms with Crippen LogP contribution in [-0.4, -0.2) is 35.9 Å². The van der Waals surface area contributed by atoms with Crippen molar-refractivity contribution in [3.8, 4) is 0 Å². The number of ether oxygens (including phenoxy) is 2. The van der Waals surface area contributed by atoms with Gasteiger partial charge in [-0.25, -0.2) is 4.79 Å². The molecule has 8 heteroatoms. The molecule has 3 heterocycles. The summed E-state index contributed by atoms with van der Waals surface area (Å²) >= 11 is 0. The molecule has 4 rings (SSSR count). The largest absolute Gasteiger partial charge is 0.467 e. The van der Waals surface area contributed by atoms with Crippen molar-refractivity contribution in [2.24, 2.45) is 5.92 Å². The number of furan rings is 2. The second-order valence-corrected chi connectivity index (χ2v) is 6.99. The minimum atomic E-state index is -0.611. The number of fused-ring (bicyclic) bond motifs is 1. The molecule has 0 aliphatic carbocycles. The van der Waals surface area contributed by atoms with Crippen molar-refractivity contribution in [2.75, 3.05) is 13.2 Å². The molecule has 1 saturated heterocycles. The van der Waals surface area contributed by atoms with Crippen LogP contribution in [0.3, 0.4) is 0 Å². The van der Waals surface area contributed by atoms with Gasteiger partial charge in [-0.3, -0.25) is 9.59 Å². The molecule has 0 bridgehead atoms. The number of likely N-dealkylation sites (tertiary alicyclic amines) is 1. The van der Waals surface area contributed by atoms with Crippen LogP contribution in [-0.2, 0) is 32.2 Å². The molecule has 2 aromatic heterocycles. The van der Waals surface area contributed by atoms with Crippen molar-refractivity contribution in [1.29, 1.82) is 0 Å². The van der Waals surface area contributed by atoms with Gasteiger partial charge in [0.15, 0.2) is 0 Å². The SMILES string of the molecule is CCOC(=O)c1oc2ccccc2c1COC(=O)[C@H]1CC(=O)N(Cc2ccco2)C1. The molecule has 1 atom stereocenters. The van der Waals surface area contributed by atoms with E-state index in [1.54, 1.807) is 48.2 Å². The van der Waals surface area contributed by atoms with E-state index in [1.165, 1.54) is 6.26 Å². The first-order valence-electron chi connectivity index (χ1n) is 9.71. The lowest BCUT2D eigenvalue weighted by atomic mass is 10.1. The summed E-state index contributed by atoms with van der Waals surface area (Å²) in [6.45, 7) is 2.33. The maximum atomic E-state index is 12.6. The van der Waals surface area contributed by atoms with Gasteiger partial charge < -0.3 is 23.2 Å². The van der Waals surface area contributed by atoms with E-state index in [0.717, 1.165) is 0 Å². The summed E-state index contributed by atoms with van der Waals surface area (Å²) in [7, 11) is 0. The van der Waals surface area contributed by atoms with Crippen LogP contribution < -0.4 is 0 Å². The fourth-order valence-corrected chi connectivity index (χ4v) is 3.54. The van der Waals surface area contributed by atoms with Crippen molar-refractivity contribution in [2.45, 2.75) is 26.5 Å². The lowest BCUT2D eigenvalue weighted by molar-refractivity contribution is -0.149. The Kier molecular flexibility index (Phi) is 5.56. The summed E-state index contributed by atoms with van der Waals surface area (Å²) in [5, 5.41) is 0.676. The Morgan fingerprint density at radius 1 is 1.17 bits per heavy atom. The normalized spacial score (nSPS) is 16.2. The molecular formula is C22H21NO7. The first-order chi connectivity index (χ1) is 14.6. The summed E-state index contributed by atoms with van der Waals surface area (Å²) in [5.41, 5.74) is 0.960. The second kappa shape index (κ2) is 8.44. The summed E-state index contributed by atoms with van der Waals surface area (Å²) < 4.78 is 21.4. The number of rotatable bonds is 7. The second-order valence-electron chi connectivity index (χ2n) is 6.99. The Hall–Kier alpha value is -3.55. The fraction of sp³-hybridized carbons (Fsp3) is 0.318. The maximum absolute atomic E-state index is 12.6. The van der Waals surface area contributed by atoms with E-state index in [0.29, 0.717) is 28.8 Å². The predicted octanol–water partition coefficient (Wildman–Crippen LogP) is 3.29. The summed E-state index contributed by atoms with van der Waals surface area (Å²) in [6, 6.07) is 10.6. The van der Waals surface area contributed by atoms with Crippen molar-refractivity contribution < 1.29 is 32.7 Å². The summed E-state index contributed by atoms with van der Waals surface area (Å²) in [6.07, 6.45) is 1.62. The number of carbonyl (C=O) groups excluding carboxylic acids is 3. The van der Waals surface area contributed by atoms with E-state index in [1.807, 2.05) is 0 Å². The van der Waals surface area contributed by atoms with E-state index in [2.05, 4.69) is 0 Å². The average Bonchev–Trinajstić information content (AvgIpc) is 3.46. The van der Waals surface area contributed by atoms with Gasteiger partial charge >= 0.3 is 11.9 Å². The minimum absolute atomic E-state index is 0.0211. The van der Waals surface area contributed by atoms with Crippen molar-refractivity contribution in [3.05, 3.63) is 59.7 Å². The number of carbonyl (C=O) groups is 3. The Morgan fingerprint density at radius 2 is 2.00 bits per heavy atom. The van der Waals surface area contributed by atoms with Crippen LogP contribution in [0, 0.1) is 5.92 Å². The first-order valence-corrected chi connectivity index (χ1v) is 9.71. The molecule has 0 radical (unpaired) electrons. The minimum Gasteiger partial charge on any atom is -0.467 e. The number of amides is 1. The summed E-state index contributed by atoms with van der Waals surface area (Å²) in [4.78, 5) is 38.7. The zero-order valence-corrected chi connectivity index (χ0v) is 16.5. The molecule has 1 aliphatic rings. The molecule has 0 N–H and O–H groups in total. The third kappa shape index (κ3) is 3.94. The lowest BCUT2D eigenvalue weighted by Gasteiger charge is -2.14. The zero-order valence-electron chi connectivity index (χ0n) is 16.5. The number of esters is 2. The number of hydrogen-bond donors (Lipinski definition) is 0. The van der Waals surface area contributed by atoms with Crippen LogP contribution >= 0.6 is 0 Å². The van der Waals surface area contributed by atoms with Crippen LogP contribution in [0.4, 0.5) is 0 Å². The van der Waals surface area contributed by atoms with Gasteiger partial charge in [0, 0.05) is 18.4 Å². The standard InChI is InChI=1S/C22H21NO7/c1-2-27-22(26)20-17(16-7-3-4-8-18(16)30-20)13-29-21(25)14-10-19(24)23(11-14)12-15-6-5-9-28-15/h3-9,14H,2,10-13H2,1H3/t14-/m0/s1. The molecule has 1 aliphatic heterocycles. The molecule has 1 fully saturated rings. The van der Waals surface area contributed by atoms with Gasteiger partial charge in [0.2, 0.25) is 11.7 Å². The lowest BCUT2D eigenvalue weighted by Crippen LogP contribution is -2.26. The molecule has 1 amide bonds. The van der Waals surface area contributed by atoms with Crippen LogP contribution in [0.1, 0.15) is 35.2 Å². The molecule has 156 valence electrons. The number of para-hydroxylation sites is 1. The van der Waals surface area contributed by atoms with E-state index in [4.69, 9.17) is 18.3 Å². The van der Waals surface area contributed by atoms with Crippen LogP contribution in [0.2, 0.25) is 0 Å². The zero-order chi connectivity index (χ0) is 21.1. The van der Waals surface area contributed by atoms with Crippen molar-refractivity contribution >= 4 is 28.8 Å². The highest BCUT2D eigenvalue weighted by Gasteiger charge is 2.36. The highest BCUT2D eigenvalue weighted by Crippen LogP contribution is 2.28. The van der Waals surface area contributed by atoms with Gasteiger partial charge in [0.25, 0.3) is 0 Å². The van der Waals surface area contributed by atoms with Crippen molar-refractivity contribution in [1.82, 2.24) is 4.90 Å². The van der Waals surface area contributed by atoms with E-state index < -0.39 is 17.9 Å². The highest BCUT2D eigenvalue weighted by molar-refractivity contribution is 5.96. The predicted molar refractivity (Wildman–Crippen MR) is 104 cm³/mol. The van der Waals surface area contributed by atoms with Crippen LogP contribution in [0.25, 0.3) is 11.0 Å². The van der Waals surface area contributed by atoms with Crippen molar-refractivity contribution in [3.63, 3.8) is 0 Å². The van der Waals surface area contributed by atoms with Crippen LogP contribution in [0.5, 0.6) is 0 Å².